The monoisotopic (exact) mass is 269 g/mol. The molecule has 0 bridgehead atoms. The first kappa shape index (κ1) is 12.4. The second kappa shape index (κ2) is 4.48. The molecule has 0 atom stereocenters. The molecule has 2 aromatic heterocycles. The molecule has 102 valence electrons. The zero-order valence-corrected chi connectivity index (χ0v) is 11.6. The Bertz CT molecular complexity index is 829. The van der Waals surface area contributed by atoms with E-state index in [1.807, 2.05) is 31.2 Å². The molecule has 0 amide bonds. The predicted molar refractivity (Wildman–Crippen MR) is 77.5 cm³/mol. The normalized spacial score (nSPS) is 10.9. The second-order valence-electron chi connectivity index (χ2n) is 4.83. The van der Waals surface area contributed by atoms with Gasteiger partial charge in [-0.2, -0.15) is 9.50 Å². The van der Waals surface area contributed by atoms with Crippen molar-refractivity contribution < 1.29 is 0 Å². The molecular formula is C14H15N5O. The Balaban J connectivity index is 2.03. The minimum atomic E-state index is -0.128. The van der Waals surface area contributed by atoms with Crippen LogP contribution in [0.2, 0.25) is 0 Å². The second-order valence-corrected chi connectivity index (χ2v) is 4.83. The Morgan fingerprint density at radius 1 is 1.10 bits per heavy atom. The zero-order chi connectivity index (χ0) is 14.3. The van der Waals surface area contributed by atoms with Crippen molar-refractivity contribution in [1.29, 1.82) is 0 Å². The first-order valence-electron chi connectivity index (χ1n) is 6.34. The van der Waals surface area contributed by atoms with Gasteiger partial charge in [-0.05, 0) is 32.9 Å². The summed E-state index contributed by atoms with van der Waals surface area (Å²) in [7, 11) is 0. The predicted octanol–water partition coefficient (Wildman–Crippen LogP) is 2.09. The van der Waals surface area contributed by atoms with Crippen LogP contribution in [0, 0.1) is 20.8 Å². The fourth-order valence-electron chi connectivity index (χ4n) is 1.93. The van der Waals surface area contributed by atoms with E-state index in [0.717, 1.165) is 5.69 Å². The molecule has 0 saturated heterocycles. The summed E-state index contributed by atoms with van der Waals surface area (Å²) >= 11 is 0. The third-order valence-corrected chi connectivity index (χ3v) is 3.28. The lowest BCUT2D eigenvalue weighted by atomic mass is 10.2. The van der Waals surface area contributed by atoms with Crippen LogP contribution in [0.1, 0.15) is 16.8 Å². The van der Waals surface area contributed by atoms with Crippen molar-refractivity contribution in [2.75, 3.05) is 5.32 Å². The summed E-state index contributed by atoms with van der Waals surface area (Å²) in [4.78, 5) is 20.7. The quantitative estimate of drug-likeness (QED) is 0.747. The fourth-order valence-corrected chi connectivity index (χ4v) is 1.93. The number of aromatic nitrogens is 4. The molecule has 0 aliphatic rings. The van der Waals surface area contributed by atoms with Crippen molar-refractivity contribution in [2.24, 2.45) is 0 Å². The van der Waals surface area contributed by atoms with Gasteiger partial charge in [0.1, 0.15) is 0 Å². The van der Waals surface area contributed by atoms with Crippen LogP contribution >= 0.6 is 0 Å². The summed E-state index contributed by atoms with van der Waals surface area (Å²) in [5.41, 5.74) is 3.27. The molecule has 2 N–H and O–H groups in total. The van der Waals surface area contributed by atoms with Crippen LogP contribution in [0.4, 0.5) is 11.6 Å². The Morgan fingerprint density at radius 2 is 1.80 bits per heavy atom. The van der Waals surface area contributed by atoms with E-state index in [1.165, 1.54) is 10.1 Å². The van der Waals surface area contributed by atoms with E-state index < -0.39 is 0 Å². The largest absolute Gasteiger partial charge is 0.325 e. The lowest BCUT2D eigenvalue weighted by Gasteiger charge is -2.01. The number of aromatic amines is 1. The number of rotatable bonds is 2. The Morgan fingerprint density at radius 3 is 2.50 bits per heavy atom. The molecule has 6 heteroatoms. The van der Waals surface area contributed by atoms with Crippen LogP contribution in [0.5, 0.6) is 0 Å². The smallest absolute Gasteiger partial charge is 0.277 e. The SMILES string of the molecule is Cc1ccc(Nc2nc3nc(C)c(C)c(=O)n3[nH]2)cc1. The van der Waals surface area contributed by atoms with Crippen LogP contribution < -0.4 is 10.9 Å². The summed E-state index contributed by atoms with van der Waals surface area (Å²) < 4.78 is 1.35. The van der Waals surface area contributed by atoms with Gasteiger partial charge in [0.15, 0.2) is 0 Å². The number of aryl methyl sites for hydroxylation is 2. The van der Waals surface area contributed by atoms with Gasteiger partial charge in [0.05, 0.1) is 0 Å². The maximum Gasteiger partial charge on any atom is 0.277 e. The number of nitrogens with one attached hydrogen (secondary N) is 2. The topological polar surface area (TPSA) is 75.1 Å². The molecule has 0 radical (unpaired) electrons. The van der Waals surface area contributed by atoms with Crippen molar-refractivity contribution >= 4 is 17.4 Å². The molecule has 0 aliphatic heterocycles. The molecule has 0 unspecified atom stereocenters. The molecule has 2 heterocycles. The first-order valence-corrected chi connectivity index (χ1v) is 6.34. The molecule has 0 aliphatic carbocycles. The average molecular weight is 269 g/mol. The summed E-state index contributed by atoms with van der Waals surface area (Å²) in [6, 6.07) is 7.91. The summed E-state index contributed by atoms with van der Waals surface area (Å²) in [5, 5.41) is 6.03. The van der Waals surface area contributed by atoms with E-state index in [9.17, 15) is 4.79 Å². The number of anilines is 2. The highest BCUT2D eigenvalue weighted by molar-refractivity contribution is 5.55. The van der Waals surface area contributed by atoms with E-state index >= 15 is 0 Å². The summed E-state index contributed by atoms with van der Waals surface area (Å²) in [6.45, 7) is 5.59. The molecule has 0 fully saturated rings. The van der Waals surface area contributed by atoms with E-state index in [4.69, 9.17) is 0 Å². The Labute approximate surface area is 115 Å². The van der Waals surface area contributed by atoms with Crippen LogP contribution in [0.3, 0.4) is 0 Å². The van der Waals surface area contributed by atoms with Gasteiger partial charge in [0.2, 0.25) is 5.95 Å². The van der Waals surface area contributed by atoms with Crippen molar-refractivity contribution in [3.63, 3.8) is 0 Å². The Hall–Kier alpha value is -2.63. The highest BCUT2D eigenvalue weighted by Gasteiger charge is 2.09. The van der Waals surface area contributed by atoms with Crippen LogP contribution in [-0.2, 0) is 0 Å². The standard InChI is InChI=1S/C14H15N5O/c1-8-4-6-11(7-5-8)16-13-17-14-15-10(3)9(2)12(20)19(14)18-13/h4-7H,1-3H3,(H2,15,16,17,18). The number of hydrogen-bond acceptors (Lipinski definition) is 4. The molecular weight excluding hydrogens is 254 g/mol. The average Bonchev–Trinajstić information content (AvgIpc) is 2.81. The van der Waals surface area contributed by atoms with Gasteiger partial charge in [-0.25, -0.2) is 4.98 Å². The van der Waals surface area contributed by atoms with Gasteiger partial charge in [0, 0.05) is 16.9 Å². The lowest BCUT2D eigenvalue weighted by Crippen LogP contribution is -2.19. The number of H-pyrrole nitrogens is 1. The van der Waals surface area contributed by atoms with E-state index in [1.54, 1.807) is 13.8 Å². The first-order chi connectivity index (χ1) is 9.54. The molecule has 20 heavy (non-hydrogen) atoms. The Kier molecular flexibility index (Phi) is 2.78. The van der Waals surface area contributed by atoms with Gasteiger partial charge in [-0.3, -0.25) is 9.89 Å². The van der Waals surface area contributed by atoms with Gasteiger partial charge >= 0.3 is 0 Å². The molecule has 6 nitrogen and oxygen atoms in total. The molecule has 0 spiro atoms. The minimum Gasteiger partial charge on any atom is -0.325 e. The van der Waals surface area contributed by atoms with E-state index in [2.05, 4.69) is 20.4 Å². The van der Waals surface area contributed by atoms with Crippen molar-refractivity contribution in [3.8, 4) is 0 Å². The summed E-state index contributed by atoms with van der Waals surface area (Å²) in [6.07, 6.45) is 0. The zero-order valence-electron chi connectivity index (χ0n) is 11.6. The van der Waals surface area contributed by atoms with Crippen LogP contribution in [-0.4, -0.2) is 19.6 Å². The van der Waals surface area contributed by atoms with E-state index in [-0.39, 0.29) is 5.56 Å². The van der Waals surface area contributed by atoms with Crippen LogP contribution in [0.25, 0.3) is 5.78 Å². The minimum absolute atomic E-state index is 0.128. The molecule has 0 saturated carbocycles. The number of benzene rings is 1. The maximum atomic E-state index is 12.1. The fraction of sp³-hybridized carbons (Fsp3) is 0.214. The van der Waals surface area contributed by atoms with Gasteiger partial charge < -0.3 is 5.32 Å². The third kappa shape index (κ3) is 2.05. The summed E-state index contributed by atoms with van der Waals surface area (Å²) in [5.74, 6) is 0.858. The van der Waals surface area contributed by atoms with Gasteiger partial charge in [0.25, 0.3) is 11.3 Å². The van der Waals surface area contributed by atoms with Gasteiger partial charge in [-0.15, -0.1) is 0 Å². The van der Waals surface area contributed by atoms with E-state index in [0.29, 0.717) is 23.0 Å². The third-order valence-electron chi connectivity index (χ3n) is 3.28. The van der Waals surface area contributed by atoms with Crippen LogP contribution in [0.15, 0.2) is 29.1 Å². The molecule has 3 aromatic rings. The maximum absolute atomic E-state index is 12.1. The number of fused-ring (bicyclic) bond motifs is 1. The highest BCUT2D eigenvalue weighted by Crippen LogP contribution is 2.14. The molecule has 1 aromatic carbocycles. The number of hydrogen-bond donors (Lipinski definition) is 2. The van der Waals surface area contributed by atoms with Crippen molar-refractivity contribution in [3.05, 3.63) is 51.4 Å². The number of nitrogens with zero attached hydrogens (tertiary/aromatic N) is 3. The van der Waals surface area contributed by atoms with Crippen molar-refractivity contribution in [1.82, 2.24) is 19.6 Å². The molecule has 3 rings (SSSR count). The van der Waals surface area contributed by atoms with Gasteiger partial charge in [-0.1, -0.05) is 17.7 Å². The van der Waals surface area contributed by atoms with Crippen molar-refractivity contribution in [2.45, 2.75) is 20.8 Å². The lowest BCUT2D eigenvalue weighted by molar-refractivity contribution is 0.875. The highest BCUT2D eigenvalue weighted by atomic mass is 16.1.